The van der Waals surface area contributed by atoms with E-state index in [-0.39, 0.29) is 29.2 Å². The Kier molecular flexibility index (Phi) is 6.50. The highest BCUT2D eigenvalue weighted by atomic mass is 32.1. The van der Waals surface area contributed by atoms with E-state index < -0.39 is 17.6 Å². The molecule has 0 aliphatic heterocycles. The van der Waals surface area contributed by atoms with Crippen LogP contribution in [0.1, 0.15) is 16.7 Å². The van der Waals surface area contributed by atoms with Crippen molar-refractivity contribution in [2.75, 3.05) is 7.11 Å². The molecular weight excluding hydrogens is 440 g/mol. The lowest BCUT2D eigenvalue weighted by Gasteiger charge is -2.12. The van der Waals surface area contributed by atoms with Crippen LogP contribution in [0.5, 0.6) is 5.88 Å². The molecule has 0 saturated heterocycles. The first-order valence-electron chi connectivity index (χ1n) is 10.2. The van der Waals surface area contributed by atoms with Crippen LogP contribution in [0.4, 0.5) is 0 Å². The first kappa shape index (κ1) is 22.2. The normalized spacial score (nSPS) is 12.3. The summed E-state index contributed by atoms with van der Waals surface area (Å²) in [5, 5.41) is 11.8. The lowest BCUT2D eigenvalue weighted by atomic mass is 10.1. The summed E-state index contributed by atoms with van der Waals surface area (Å²) in [7, 11) is 1.28. The van der Waals surface area contributed by atoms with Gasteiger partial charge in [0.15, 0.2) is 10.8 Å². The van der Waals surface area contributed by atoms with E-state index in [1.165, 1.54) is 17.9 Å². The summed E-state index contributed by atoms with van der Waals surface area (Å²) >= 11 is 5.23. The van der Waals surface area contributed by atoms with Crippen molar-refractivity contribution in [1.82, 2.24) is 14.5 Å². The van der Waals surface area contributed by atoms with Gasteiger partial charge in [0.2, 0.25) is 5.88 Å². The molecule has 3 N–H and O–H groups in total. The average molecular weight is 463 g/mol. The molecule has 168 valence electrons. The third-order valence-electron chi connectivity index (χ3n) is 5.34. The summed E-state index contributed by atoms with van der Waals surface area (Å²) in [6.07, 6.45) is 3.27. The number of methoxy groups -OCH3 is 1. The largest absolute Gasteiger partial charge is 0.494 e. The number of carbonyl (C=O) groups excluding carboxylic acids is 1. The number of ether oxygens (including phenoxy) is 1. The van der Waals surface area contributed by atoms with E-state index in [1.807, 2.05) is 60.8 Å². The molecular formula is C24H22N4O4S. The minimum Gasteiger partial charge on any atom is -0.494 e. The fraction of sp³-hybridized carbons (Fsp3) is 0.167. The van der Waals surface area contributed by atoms with Gasteiger partial charge in [-0.25, -0.2) is 4.79 Å². The summed E-state index contributed by atoms with van der Waals surface area (Å²) in [4.78, 5) is 34.9. The lowest BCUT2D eigenvalue weighted by Crippen LogP contribution is -2.24. The second-order valence-electron chi connectivity index (χ2n) is 7.45. The Morgan fingerprint density at radius 2 is 1.94 bits per heavy atom. The molecule has 4 rings (SSSR count). The highest BCUT2D eigenvalue weighted by Crippen LogP contribution is 2.21. The molecule has 1 atom stereocenters. The Hall–Kier alpha value is -3.98. The molecule has 0 saturated carbocycles. The van der Waals surface area contributed by atoms with Gasteiger partial charge in [0, 0.05) is 29.7 Å². The van der Waals surface area contributed by atoms with Crippen molar-refractivity contribution < 1.29 is 14.6 Å². The Bertz CT molecular complexity index is 1440. The first-order chi connectivity index (χ1) is 16.0. The number of benzene rings is 2. The van der Waals surface area contributed by atoms with Crippen LogP contribution < -0.4 is 5.56 Å². The van der Waals surface area contributed by atoms with Gasteiger partial charge in [-0.1, -0.05) is 48.5 Å². The van der Waals surface area contributed by atoms with Gasteiger partial charge in [-0.15, -0.1) is 0 Å². The number of hydrogen-bond donors (Lipinski definition) is 3. The number of aliphatic imine (C=N–C) groups is 1. The molecule has 1 unspecified atom stereocenters. The fourth-order valence-electron chi connectivity index (χ4n) is 3.61. The Morgan fingerprint density at radius 3 is 2.70 bits per heavy atom. The summed E-state index contributed by atoms with van der Waals surface area (Å²) in [6, 6.07) is 16.2. The van der Waals surface area contributed by atoms with E-state index in [2.05, 4.69) is 15.0 Å². The number of H-pyrrole nitrogens is 2. The van der Waals surface area contributed by atoms with Crippen molar-refractivity contribution in [1.29, 1.82) is 0 Å². The maximum atomic E-state index is 12.5. The van der Waals surface area contributed by atoms with Gasteiger partial charge in [-0.3, -0.25) is 19.3 Å². The molecule has 0 aliphatic rings. The zero-order valence-electron chi connectivity index (χ0n) is 17.8. The topological polar surface area (TPSA) is 112 Å². The summed E-state index contributed by atoms with van der Waals surface area (Å²) in [5.41, 5.74) is 2.03. The first-order valence-corrected chi connectivity index (χ1v) is 10.6. The van der Waals surface area contributed by atoms with Crippen LogP contribution in [0.3, 0.4) is 0 Å². The van der Waals surface area contributed by atoms with Crippen LogP contribution in [0.25, 0.3) is 10.9 Å². The number of nitrogens with one attached hydrogen (secondary N) is 2. The summed E-state index contributed by atoms with van der Waals surface area (Å²) in [5.74, 6) is -0.878. The number of rotatable bonds is 7. The molecule has 0 amide bonds. The number of aromatic nitrogens is 3. The highest BCUT2D eigenvalue weighted by molar-refractivity contribution is 7.71. The average Bonchev–Trinajstić information content (AvgIpc) is 3.23. The van der Waals surface area contributed by atoms with Crippen molar-refractivity contribution in [2.24, 2.45) is 4.99 Å². The SMILES string of the molecule is COC(=O)C(Cc1c[nH]c2ccccc12)N=Cc1c(O)n(Cc2ccccc2)c(=S)[nH]c1=O. The zero-order valence-corrected chi connectivity index (χ0v) is 18.6. The van der Waals surface area contributed by atoms with Crippen LogP contribution in [0.2, 0.25) is 0 Å². The van der Waals surface area contributed by atoms with Gasteiger partial charge in [0.1, 0.15) is 5.56 Å². The molecule has 2 aromatic heterocycles. The van der Waals surface area contributed by atoms with E-state index in [0.717, 1.165) is 22.0 Å². The molecule has 0 fully saturated rings. The fourth-order valence-corrected chi connectivity index (χ4v) is 3.85. The van der Waals surface area contributed by atoms with Crippen LogP contribution in [-0.4, -0.2) is 45.0 Å². The minimum absolute atomic E-state index is 0.0850. The van der Waals surface area contributed by atoms with E-state index in [9.17, 15) is 14.7 Å². The maximum absolute atomic E-state index is 12.5. The van der Waals surface area contributed by atoms with Gasteiger partial charge >= 0.3 is 5.97 Å². The second kappa shape index (κ2) is 9.66. The van der Waals surface area contributed by atoms with E-state index in [4.69, 9.17) is 17.0 Å². The van der Waals surface area contributed by atoms with Crippen molar-refractivity contribution in [3.63, 3.8) is 0 Å². The predicted octanol–water partition coefficient (Wildman–Crippen LogP) is 3.34. The molecule has 33 heavy (non-hydrogen) atoms. The van der Waals surface area contributed by atoms with Crippen molar-refractivity contribution in [2.45, 2.75) is 19.0 Å². The molecule has 2 aromatic carbocycles. The zero-order chi connectivity index (χ0) is 23.4. The molecule has 0 spiro atoms. The number of fused-ring (bicyclic) bond motifs is 1. The number of hydrogen-bond acceptors (Lipinski definition) is 6. The van der Waals surface area contributed by atoms with E-state index in [0.29, 0.717) is 0 Å². The number of para-hydroxylation sites is 1. The number of aromatic hydroxyl groups is 1. The highest BCUT2D eigenvalue weighted by Gasteiger charge is 2.21. The number of carbonyl (C=O) groups is 1. The number of nitrogens with zero attached hydrogens (tertiary/aromatic N) is 2. The van der Waals surface area contributed by atoms with Crippen LogP contribution >= 0.6 is 12.2 Å². The lowest BCUT2D eigenvalue weighted by molar-refractivity contribution is -0.142. The van der Waals surface area contributed by atoms with E-state index in [1.54, 1.807) is 0 Å². The van der Waals surface area contributed by atoms with Gasteiger partial charge in [-0.2, -0.15) is 0 Å². The Balaban J connectivity index is 1.67. The molecule has 9 heteroatoms. The van der Waals surface area contributed by atoms with E-state index >= 15 is 0 Å². The molecule has 8 nitrogen and oxygen atoms in total. The molecule has 2 heterocycles. The third-order valence-corrected chi connectivity index (χ3v) is 5.66. The minimum atomic E-state index is -0.904. The van der Waals surface area contributed by atoms with Gasteiger partial charge in [0.25, 0.3) is 5.56 Å². The molecule has 0 radical (unpaired) electrons. The summed E-state index contributed by atoms with van der Waals surface area (Å²) < 4.78 is 6.40. The number of aromatic amines is 2. The Labute approximate surface area is 194 Å². The van der Waals surface area contributed by atoms with Gasteiger partial charge < -0.3 is 14.8 Å². The number of esters is 1. The van der Waals surface area contributed by atoms with Crippen LogP contribution in [0.15, 0.2) is 70.6 Å². The quantitative estimate of drug-likeness (QED) is 0.222. The van der Waals surface area contributed by atoms with Crippen LogP contribution in [-0.2, 0) is 22.5 Å². The second-order valence-corrected chi connectivity index (χ2v) is 7.84. The van der Waals surface area contributed by atoms with Crippen LogP contribution in [0, 0.1) is 4.77 Å². The van der Waals surface area contributed by atoms with Crippen molar-refractivity contribution >= 4 is 35.3 Å². The monoisotopic (exact) mass is 462 g/mol. The Morgan fingerprint density at radius 1 is 1.21 bits per heavy atom. The van der Waals surface area contributed by atoms with Gasteiger partial charge in [0.05, 0.1) is 13.7 Å². The third kappa shape index (κ3) is 4.78. The molecule has 0 bridgehead atoms. The molecule has 4 aromatic rings. The predicted molar refractivity (Wildman–Crippen MR) is 128 cm³/mol. The standard InChI is InChI=1S/C24H22N4O4S/c1-32-23(31)20(11-16-12-25-19-10-6-5-9-17(16)19)26-13-18-21(29)27-24(33)28(22(18)30)14-15-7-3-2-4-8-15/h2-10,12-13,20,25,30H,11,14H2,1H3,(H,27,29,33). The summed E-state index contributed by atoms with van der Waals surface area (Å²) in [6.45, 7) is 0.263. The van der Waals surface area contributed by atoms with Crippen molar-refractivity contribution in [3.05, 3.63) is 92.6 Å². The van der Waals surface area contributed by atoms with Crippen molar-refractivity contribution in [3.8, 4) is 5.88 Å². The smallest absolute Gasteiger partial charge is 0.330 e. The maximum Gasteiger partial charge on any atom is 0.330 e. The molecule has 0 aliphatic carbocycles. The van der Waals surface area contributed by atoms with Gasteiger partial charge in [-0.05, 0) is 29.4 Å².